The van der Waals surface area contributed by atoms with Crippen molar-refractivity contribution in [2.24, 2.45) is 11.8 Å². The van der Waals surface area contributed by atoms with Crippen LogP contribution in [0.4, 0.5) is 0 Å². The molecular weight excluding hydrogens is 993 g/mol. The van der Waals surface area contributed by atoms with Crippen LogP contribution in [0.2, 0.25) is 0 Å². The van der Waals surface area contributed by atoms with Gasteiger partial charge in [0.25, 0.3) is 0 Å². The van der Waals surface area contributed by atoms with Gasteiger partial charge in [-0.1, -0.05) is 246 Å². The maximum atomic E-state index is 12.6. The van der Waals surface area contributed by atoms with Gasteiger partial charge >= 0.3 is 0 Å². The van der Waals surface area contributed by atoms with Gasteiger partial charge in [-0.2, -0.15) is 0 Å². The minimum Gasteiger partial charge on any atom is -0.493 e. The van der Waals surface area contributed by atoms with Crippen molar-refractivity contribution in [3.8, 4) is 58.2 Å². The number of unbranched alkanes of at least 4 members (excludes halogenated alkanes) is 22. The second kappa shape index (κ2) is 45.5. The lowest BCUT2D eigenvalue weighted by Gasteiger charge is -2.19. The number of ether oxygens (including phenoxy) is 6. The van der Waals surface area contributed by atoms with Crippen LogP contribution in [-0.4, -0.2) is 52.2 Å². The van der Waals surface area contributed by atoms with E-state index in [1.165, 1.54) is 103 Å². The average Bonchev–Trinajstić information content (AvgIpc) is 3.47. The molecule has 0 bridgehead atoms. The Bertz CT molecular complexity index is 2080. The number of rotatable bonds is 48. The van der Waals surface area contributed by atoms with Gasteiger partial charge in [-0.05, 0) is 62.5 Å². The first-order valence-corrected chi connectivity index (χ1v) is 32.6. The Hall–Kier alpha value is -5.08. The topological polar surface area (TPSA) is 89.5 Å². The molecule has 2 atom stereocenters. The number of benzene rings is 3. The lowest BCUT2D eigenvalue weighted by Crippen LogP contribution is -2.13. The Balaban J connectivity index is 2.28. The molecule has 0 heterocycles. The van der Waals surface area contributed by atoms with E-state index in [0.717, 1.165) is 115 Å². The lowest BCUT2D eigenvalue weighted by atomic mass is 10.00. The van der Waals surface area contributed by atoms with E-state index in [9.17, 15) is 9.59 Å². The number of aldehydes is 2. The zero-order valence-electron chi connectivity index (χ0n) is 51.9. The monoisotopic (exact) mass is 1100 g/mol. The average molecular weight is 1100 g/mol. The third-order valence-corrected chi connectivity index (χ3v) is 15.3. The summed E-state index contributed by atoms with van der Waals surface area (Å²) >= 11 is 0. The molecule has 3 rings (SSSR count). The predicted octanol–water partition coefficient (Wildman–Crippen LogP) is 20.3. The second-order valence-electron chi connectivity index (χ2n) is 22.3. The van der Waals surface area contributed by atoms with E-state index >= 15 is 0 Å². The van der Waals surface area contributed by atoms with E-state index in [1.54, 1.807) is 12.1 Å². The zero-order chi connectivity index (χ0) is 57.7. The summed E-state index contributed by atoms with van der Waals surface area (Å²) in [4.78, 5) is 25.3. The predicted molar refractivity (Wildman–Crippen MR) is 335 cm³/mol. The minimum atomic E-state index is 0.367. The Morgan fingerprint density at radius 2 is 0.562 bits per heavy atom. The fraction of sp³-hybridized carbons (Fsp3) is 0.667. The summed E-state index contributed by atoms with van der Waals surface area (Å²) in [6.45, 7) is 21.0. The Morgan fingerprint density at radius 3 is 0.838 bits per heavy atom. The first kappa shape index (κ1) is 69.2. The molecular formula is C72H110O8. The summed E-state index contributed by atoms with van der Waals surface area (Å²) in [5.41, 5.74) is 3.58. The fourth-order valence-corrected chi connectivity index (χ4v) is 9.75. The number of hydrogen-bond acceptors (Lipinski definition) is 8. The van der Waals surface area contributed by atoms with Crippen LogP contribution >= 0.6 is 0 Å². The van der Waals surface area contributed by atoms with Gasteiger partial charge in [0.1, 0.15) is 34.5 Å². The normalized spacial score (nSPS) is 11.7. The van der Waals surface area contributed by atoms with Crippen LogP contribution < -0.4 is 28.4 Å². The third kappa shape index (κ3) is 28.6. The molecule has 0 saturated carbocycles. The van der Waals surface area contributed by atoms with Gasteiger partial charge < -0.3 is 28.4 Å². The maximum absolute atomic E-state index is 12.6. The molecule has 8 nitrogen and oxygen atoms in total. The smallest absolute Gasteiger partial charge is 0.153 e. The van der Waals surface area contributed by atoms with Crippen LogP contribution in [0.5, 0.6) is 34.5 Å². The molecule has 0 radical (unpaired) electrons. The second-order valence-corrected chi connectivity index (χ2v) is 22.3. The van der Waals surface area contributed by atoms with Crippen molar-refractivity contribution < 1.29 is 38.0 Å². The Morgan fingerprint density at radius 1 is 0.312 bits per heavy atom. The molecule has 3 aromatic rings. The maximum Gasteiger partial charge on any atom is 0.153 e. The molecule has 8 heteroatoms. The number of carbonyl (C=O) groups is 2. The summed E-state index contributed by atoms with van der Waals surface area (Å²) in [6, 6.07) is 11.4. The molecule has 0 aromatic heterocycles. The molecule has 0 aliphatic heterocycles. The van der Waals surface area contributed by atoms with E-state index in [-0.39, 0.29) is 0 Å². The van der Waals surface area contributed by atoms with Crippen molar-refractivity contribution in [3.63, 3.8) is 0 Å². The van der Waals surface area contributed by atoms with Gasteiger partial charge in [0.15, 0.2) is 12.6 Å². The molecule has 0 aliphatic rings. The van der Waals surface area contributed by atoms with Gasteiger partial charge in [-0.15, -0.1) is 0 Å². The largest absolute Gasteiger partial charge is 0.493 e. The van der Waals surface area contributed by atoms with Crippen molar-refractivity contribution >= 4 is 12.6 Å². The van der Waals surface area contributed by atoms with Crippen molar-refractivity contribution in [2.75, 3.05) is 39.6 Å². The quantitative estimate of drug-likeness (QED) is 0.0314. The van der Waals surface area contributed by atoms with Gasteiger partial charge in [0.2, 0.25) is 0 Å². The third-order valence-electron chi connectivity index (χ3n) is 15.3. The van der Waals surface area contributed by atoms with Crippen LogP contribution in [0, 0.1) is 35.5 Å². The molecule has 0 spiro atoms. The molecule has 446 valence electrons. The zero-order valence-corrected chi connectivity index (χ0v) is 51.9. The molecule has 2 unspecified atom stereocenters. The SMILES string of the molecule is CCCCCCCCOc1cc(C=O)c(OCCCCCCCC)cc1C#Cc1cc(OCC(CC)CCCC)c(C#Cc2cc(OCCCCCCCC)c(C=O)cc2OCCCCCCCC)cc1OCC(CC)CCCC. The summed E-state index contributed by atoms with van der Waals surface area (Å²) in [6.07, 6.45) is 37.8. The van der Waals surface area contributed by atoms with Gasteiger partial charge in [0.05, 0.1) is 73.0 Å². The highest BCUT2D eigenvalue weighted by molar-refractivity contribution is 5.82. The van der Waals surface area contributed by atoms with Crippen LogP contribution in [0.3, 0.4) is 0 Å². The molecule has 0 N–H and O–H groups in total. The lowest BCUT2D eigenvalue weighted by molar-refractivity contribution is 0.111. The first-order chi connectivity index (χ1) is 39.3. The highest BCUT2D eigenvalue weighted by Gasteiger charge is 2.18. The van der Waals surface area contributed by atoms with Gasteiger partial charge in [-0.3, -0.25) is 9.59 Å². The van der Waals surface area contributed by atoms with Crippen LogP contribution in [0.15, 0.2) is 36.4 Å². The van der Waals surface area contributed by atoms with Crippen molar-refractivity contribution in [2.45, 2.75) is 261 Å². The molecule has 0 aliphatic carbocycles. The van der Waals surface area contributed by atoms with Gasteiger partial charge in [0, 0.05) is 24.3 Å². The molecule has 0 saturated heterocycles. The summed E-state index contributed by atoms with van der Waals surface area (Å²) in [7, 11) is 0. The van der Waals surface area contributed by atoms with Gasteiger partial charge in [-0.25, -0.2) is 0 Å². The van der Waals surface area contributed by atoms with E-state index in [1.807, 2.05) is 24.3 Å². The summed E-state index contributed by atoms with van der Waals surface area (Å²) in [5.74, 6) is 18.2. The van der Waals surface area contributed by atoms with E-state index in [2.05, 4.69) is 79.1 Å². The Labute approximate surface area is 488 Å². The number of carbonyl (C=O) groups excluding carboxylic acids is 2. The fourth-order valence-electron chi connectivity index (χ4n) is 9.75. The minimum absolute atomic E-state index is 0.367. The summed E-state index contributed by atoms with van der Waals surface area (Å²) < 4.78 is 39.5. The van der Waals surface area contributed by atoms with Crippen LogP contribution in [0.25, 0.3) is 0 Å². The summed E-state index contributed by atoms with van der Waals surface area (Å²) in [5, 5.41) is 0. The van der Waals surface area contributed by atoms with E-state index in [0.29, 0.717) is 119 Å². The van der Waals surface area contributed by atoms with Crippen LogP contribution in [-0.2, 0) is 0 Å². The molecule has 3 aromatic carbocycles. The molecule has 0 fully saturated rings. The molecule has 0 amide bonds. The van der Waals surface area contributed by atoms with Crippen molar-refractivity contribution in [3.05, 3.63) is 69.8 Å². The van der Waals surface area contributed by atoms with Crippen molar-refractivity contribution in [1.82, 2.24) is 0 Å². The highest BCUT2D eigenvalue weighted by Crippen LogP contribution is 2.34. The molecule has 80 heavy (non-hydrogen) atoms. The van der Waals surface area contributed by atoms with Crippen LogP contribution in [0.1, 0.15) is 304 Å². The Kier molecular flexibility index (Phi) is 39.4. The highest BCUT2D eigenvalue weighted by atomic mass is 16.5. The van der Waals surface area contributed by atoms with E-state index < -0.39 is 0 Å². The first-order valence-electron chi connectivity index (χ1n) is 32.6. The van der Waals surface area contributed by atoms with Crippen molar-refractivity contribution in [1.29, 1.82) is 0 Å². The standard InChI is InChI=1S/C72H110O8/c1-9-17-23-27-31-35-45-75-67-53-65(55-73)71(77-47-37-33-29-25-19-11-3)51-61(67)41-43-63-49-70(80-58-60(16-8)40-22-14-6)64(50-69(63)79-57-59(15-7)39-21-13-5)44-42-62-52-72(78-48-38-34-30-26-20-12-4)66(56-74)54-68(62)76-46-36-32-28-24-18-10-2/h49-56,59-60H,9-40,45-48,57-58H2,1-8H3. The van der Waals surface area contributed by atoms with E-state index in [4.69, 9.17) is 28.4 Å². The number of hydrogen-bond donors (Lipinski definition) is 0.